The van der Waals surface area contributed by atoms with E-state index in [9.17, 15) is 15.0 Å². The average Bonchev–Trinajstić information content (AvgIpc) is 3.06. The van der Waals surface area contributed by atoms with E-state index in [-0.39, 0.29) is 24.9 Å². The van der Waals surface area contributed by atoms with Crippen molar-refractivity contribution in [1.29, 1.82) is 0 Å². The van der Waals surface area contributed by atoms with E-state index in [0.29, 0.717) is 0 Å². The number of nitrogens with zero attached hydrogens (tertiary/aromatic N) is 1. The number of likely N-dealkylation sites (tertiary alicyclic amines) is 1. The van der Waals surface area contributed by atoms with Gasteiger partial charge in [0, 0.05) is 0 Å². The summed E-state index contributed by atoms with van der Waals surface area (Å²) in [5, 5.41) is 21.5. The minimum absolute atomic E-state index is 0.0425. The molecular weight excluding hydrogens is 442 g/mol. The van der Waals surface area contributed by atoms with Gasteiger partial charge in [-0.2, -0.15) is 0 Å². The van der Waals surface area contributed by atoms with Crippen LogP contribution in [0.3, 0.4) is 0 Å². The first-order valence-electron chi connectivity index (χ1n) is 11.5. The summed E-state index contributed by atoms with van der Waals surface area (Å²) in [5.41, 5.74) is 0.845. The van der Waals surface area contributed by atoms with Gasteiger partial charge < -0.3 is 28.8 Å². The maximum atomic E-state index is 13.3. The lowest BCUT2D eigenvalue weighted by molar-refractivity contribution is -0.155. The Labute approximate surface area is 197 Å². The lowest BCUT2D eigenvalue weighted by atomic mass is 9.89. The molecule has 2 aliphatic rings. The Bertz CT molecular complexity index is 811. The summed E-state index contributed by atoms with van der Waals surface area (Å²) in [6.07, 6.45) is -3.07. The second kappa shape index (κ2) is 9.63. The van der Waals surface area contributed by atoms with E-state index in [0.717, 1.165) is 5.56 Å². The topological polar surface area (TPSA) is 97.7 Å². The van der Waals surface area contributed by atoms with Crippen LogP contribution in [0.4, 0.5) is 4.79 Å². The summed E-state index contributed by atoms with van der Waals surface area (Å²) < 4.78 is 24.0. The number of ether oxygens (including phenoxy) is 3. The van der Waals surface area contributed by atoms with Crippen molar-refractivity contribution in [3.63, 3.8) is 0 Å². The van der Waals surface area contributed by atoms with Crippen molar-refractivity contribution in [3.8, 4) is 0 Å². The van der Waals surface area contributed by atoms with E-state index >= 15 is 0 Å². The van der Waals surface area contributed by atoms with E-state index in [1.807, 2.05) is 30.3 Å². The molecule has 0 unspecified atom stereocenters. The number of hydrogen-bond donors (Lipinski definition) is 2. The lowest BCUT2D eigenvalue weighted by Crippen LogP contribution is -2.69. The SMILES string of the molecule is CC1(C)O[C@H]2[C@H](O)[C@@H](CO[Si](C)(C)C(C)(C)C)N(C(=O)OCc3ccccc3)[C@H](CO)[C@H]2O1. The third-order valence-electron chi connectivity index (χ3n) is 7.01. The summed E-state index contributed by atoms with van der Waals surface area (Å²) in [6, 6.07) is 7.88. The number of benzene rings is 1. The monoisotopic (exact) mass is 481 g/mol. The molecule has 9 heteroatoms. The first-order valence-corrected chi connectivity index (χ1v) is 14.5. The number of aliphatic hydroxyl groups excluding tert-OH is 2. The van der Waals surface area contributed by atoms with Gasteiger partial charge >= 0.3 is 6.09 Å². The number of piperidine rings is 1. The molecule has 186 valence electrons. The first-order chi connectivity index (χ1) is 15.3. The Morgan fingerprint density at radius 2 is 1.73 bits per heavy atom. The van der Waals surface area contributed by atoms with E-state index in [2.05, 4.69) is 33.9 Å². The molecule has 1 aromatic carbocycles. The van der Waals surface area contributed by atoms with Gasteiger partial charge in [0.1, 0.15) is 24.9 Å². The standard InChI is InChI=1S/C24H39NO7Si/c1-23(2,3)33(6,7)30-15-18-19(27)21-20(31-24(4,5)32-21)17(13-26)25(18)22(28)29-14-16-11-9-8-10-12-16/h8-12,17-21,26-27H,13-15H2,1-7H3/t17-,18-,19-,20-,21+/m1/s1. The molecule has 2 heterocycles. The van der Waals surface area contributed by atoms with Gasteiger partial charge in [0.05, 0.1) is 25.3 Å². The molecule has 5 atom stereocenters. The van der Waals surface area contributed by atoms with Crippen LogP contribution >= 0.6 is 0 Å². The van der Waals surface area contributed by atoms with Gasteiger partial charge in [0.15, 0.2) is 14.1 Å². The molecule has 2 fully saturated rings. The molecule has 0 spiro atoms. The van der Waals surface area contributed by atoms with Gasteiger partial charge in [-0.1, -0.05) is 51.1 Å². The Kier molecular flexibility index (Phi) is 7.62. The Hall–Kier alpha value is -1.49. The molecule has 1 aromatic rings. The van der Waals surface area contributed by atoms with Crippen LogP contribution in [0.1, 0.15) is 40.2 Å². The van der Waals surface area contributed by atoms with Crippen molar-refractivity contribution in [2.45, 2.75) is 95.5 Å². The van der Waals surface area contributed by atoms with Crippen molar-refractivity contribution in [3.05, 3.63) is 35.9 Å². The number of carbonyl (C=O) groups is 1. The third kappa shape index (κ3) is 5.60. The summed E-state index contributed by atoms with van der Waals surface area (Å²) in [7, 11) is -2.17. The highest BCUT2D eigenvalue weighted by molar-refractivity contribution is 6.74. The fourth-order valence-electron chi connectivity index (χ4n) is 4.11. The predicted octanol–water partition coefficient (Wildman–Crippen LogP) is 3.27. The third-order valence-corrected chi connectivity index (χ3v) is 11.5. The largest absolute Gasteiger partial charge is 0.445 e. The van der Waals surface area contributed by atoms with E-state index in [1.54, 1.807) is 13.8 Å². The molecule has 0 radical (unpaired) electrons. The number of fused-ring (bicyclic) bond motifs is 1. The normalized spacial score (nSPS) is 29.6. The molecular formula is C24H39NO7Si. The lowest BCUT2D eigenvalue weighted by Gasteiger charge is -2.48. The van der Waals surface area contributed by atoms with E-state index < -0.39 is 50.6 Å². The molecule has 1 amide bonds. The fraction of sp³-hybridized carbons (Fsp3) is 0.708. The zero-order valence-electron chi connectivity index (χ0n) is 20.8. The molecule has 8 nitrogen and oxygen atoms in total. The van der Waals surface area contributed by atoms with Crippen LogP contribution in [0.5, 0.6) is 0 Å². The zero-order valence-corrected chi connectivity index (χ0v) is 21.8. The van der Waals surface area contributed by atoms with E-state index in [4.69, 9.17) is 18.6 Å². The quantitative estimate of drug-likeness (QED) is 0.602. The van der Waals surface area contributed by atoms with Crippen molar-refractivity contribution in [2.75, 3.05) is 13.2 Å². The molecule has 0 aliphatic carbocycles. The van der Waals surface area contributed by atoms with Crippen LogP contribution in [0, 0.1) is 0 Å². The van der Waals surface area contributed by atoms with Crippen molar-refractivity contribution in [2.24, 2.45) is 0 Å². The molecule has 0 aromatic heterocycles. The van der Waals surface area contributed by atoms with Crippen LogP contribution in [0.15, 0.2) is 30.3 Å². The highest BCUT2D eigenvalue weighted by atomic mass is 28.4. The molecule has 0 saturated carbocycles. The van der Waals surface area contributed by atoms with Crippen molar-refractivity contribution in [1.82, 2.24) is 4.90 Å². The van der Waals surface area contributed by atoms with Crippen LogP contribution < -0.4 is 0 Å². The summed E-state index contributed by atoms with van der Waals surface area (Å²) >= 11 is 0. The van der Waals surface area contributed by atoms with Gasteiger partial charge in [-0.15, -0.1) is 0 Å². The van der Waals surface area contributed by atoms with Gasteiger partial charge in [0.25, 0.3) is 0 Å². The number of aliphatic hydroxyl groups is 2. The Morgan fingerprint density at radius 3 is 2.30 bits per heavy atom. The second-order valence-corrected chi connectivity index (χ2v) is 15.7. The highest BCUT2D eigenvalue weighted by Crippen LogP contribution is 2.41. The van der Waals surface area contributed by atoms with Crippen LogP contribution in [-0.4, -0.2) is 78.9 Å². The predicted molar refractivity (Wildman–Crippen MR) is 126 cm³/mol. The smallest absolute Gasteiger partial charge is 0.410 e. The fourth-order valence-corrected chi connectivity index (χ4v) is 5.13. The Morgan fingerprint density at radius 1 is 1.12 bits per heavy atom. The van der Waals surface area contributed by atoms with Crippen LogP contribution in [0.25, 0.3) is 0 Å². The number of hydrogen-bond acceptors (Lipinski definition) is 7. The van der Waals surface area contributed by atoms with Crippen molar-refractivity contribution >= 4 is 14.4 Å². The van der Waals surface area contributed by atoms with Gasteiger partial charge in [-0.05, 0) is 37.5 Å². The minimum Gasteiger partial charge on any atom is -0.445 e. The molecule has 33 heavy (non-hydrogen) atoms. The van der Waals surface area contributed by atoms with Gasteiger partial charge in [0.2, 0.25) is 0 Å². The summed E-state index contributed by atoms with van der Waals surface area (Å²) in [4.78, 5) is 14.7. The van der Waals surface area contributed by atoms with Crippen LogP contribution in [-0.2, 0) is 25.2 Å². The first kappa shape index (κ1) is 26.1. The molecule has 2 saturated heterocycles. The second-order valence-electron chi connectivity index (χ2n) is 10.9. The summed E-state index contributed by atoms with van der Waals surface area (Å²) in [6.45, 7) is 14.0. The number of amides is 1. The number of rotatable bonds is 6. The molecule has 2 N–H and O–H groups in total. The van der Waals surface area contributed by atoms with Gasteiger partial charge in [-0.25, -0.2) is 4.79 Å². The number of carbonyl (C=O) groups excluding carboxylic acids is 1. The zero-order chi connectivity index (χ0) is 24.6. The molecule has 0 bridgehead atoms. The average molecular weight is 482 g/mol. The Balaban J connectivity index is 1.87. The molecule has 2 aliphatic heterocycles. The highest BCUT2D eigenvalue weighted by Gasteiger charge is 2.58. The summed E-state index contributed by atoms with van der Waals surface area (Å²) in [5.74, 6) is -0.946. The van der Waals surface area contributed by atoms with Crippen LogP contribution in [0.2, 0.25) is 18.1 Å². The maximum Gasteiger partial charge on any atom is 0.410 e. The van der Waals surface area contributed by atoms with Gasteiger partial charge in [-0.3, -0.25) is 4.90 Å². The van der Waals surface area contributed by atoms with E-state index in [1.165, 1.54) is 4.90 Å². The molecule has 3 rings (SSSR count). The maximum absolute atomic E-state index is 13.3. The minimum atomic E-state index is -2.17. The van der Waals surface area contributed by atoms with Crippen molar-refractivity contribution < 1.29 is 33.6 Å².